The van der Waals surface area contributed by atoms with Crippen molar-refractivity contribution in [2.75, 3.05) is 30.9 Å². The van der Waals surface area contributed by atoms with Crippen LogP contribution in [0.3, 0.4) is 0 Å². The van der Waals surface area contributed by atoms with Crippen LogP contribution in [0.5, 0.6) is 0 Å². The van der Waals surface area contributed by atoms with E-state index in [-0.39, 0.29) is 32.1 Å². The number of anilines is 1. The van der Waals surface area contributed by atoms with Gasteiger partial charge in [-0.3, -0.25) is 23.8 Å². The Morgan fingerprint density at radius 1 is 1.10 bits per heavy atom. The van der Waals surface area contributed by atoms with Gasteiger partial charge in [-0.1, -0.05) is 0 Å². The molecular formula is C19H19F3N4O4S. The molecule has 1 unspecified atom stereocenters. The number of carbonyl (C=O) groups is 2. The molecule has 1 aliphatic heterocycles. The van der Waals surface area contributed by atoms with Crippen molar-refractivity contribution in [1.82, 2.24) is 14.8 Å². The highest BCUT2D eigenvalue weighted by atomic mass is 32.2. The van der Waals surface area contributed by atoms with Crippen LogP contribution < -0.4 is 4.72 Å². The van der Waals surface area contributed by atoms with E-state index < -0.39 is 34.6 Å². The average Bonchev–Trinajstić information content (AvgIpc) is 2.73. The van der Waals surface area contributed by atoms with Crippen LogP contribution in [0, 0.1) is 6.92 Å². The Morgan fingerprint density at radius 3 is 2.26 bits per heavy atom. The fourth-order valence-electron chi connectivity index (χ4n) is 3.25. The van der Waals surface area contributed by atoms with E-state index in [1.165, 1.54) is 21.9 Å². The molecule has 1 saturated heterocycles. The minimum atomic E-state index is -4.70. The number of carbonyl (C=O) groups excluding carboxylic acids is 2. The number of hydrogen-bond acceptors (Lipinski definition) is 4. The molecule has 2 heterocycles. The van der Waals surface area contributed by atoms with Gasteiger partial charge in [0.1, 0.15) is 5.69 Å². The number of hydrogen-bond donors (Lipinski definition) is 2. The van der Waals surface area contributed by atoms with E-state index in [0.717, 1.165) is 18.3 Å². The number of nitrogens with zero attached hydrogens (tertiary/aromatic N) is 3. The predicted octanol–water partition coefficient (Wildman–Crippen LogP) is 2.56. The summed E-state index contributed by atoms with van der Waals surface area (Å²) < 4.78 is 61.6. The Balaban J connectivity index is 1.67. The van der Waals surface area contributed by atoms with Crippen LogP contribution in [0.25, 0.3) is 0 Å². The van der Waals surface area contributed by atoms with Crippen LogP contribution in [-0.2, 0) is 17.4 Å². The number of pyridine rings is 1. The van der Waals surface area contributed by atoms with Crippen molar-refractivity contribution in [3.63, 3.8) is 0 Å². The van der Waals surface area contributed by atoms with Gasteiger partial charge in [0.25, 0.3) is 23.1 Å². The minimum Gasteiger partial charge on any atom is -0.335 e. The quantitative estimate of drug-likeness (QED) is 0.689. The van der Waals surface area contributed by atoms with Crippen LogP contribution in [0.4, 0.5) is 18.9 Å². The lowest BCUT2D eigenvalue weighted by Gasteiger charge is -2.35. The first kappa shape index (κ1) is 22.7. The first-order valence-corrected chi connectivity index (χ1v) is 10.3. The van der Waals surface area contributed by atoms with Gasteiger partial charge < -0.3 is 9.80 Å². The summed E-state index contributed by atoms with van der Waals surface area (Å²) in [6.07, 6.45) is -3.56. The molecule has 0 radical (unpaired) electrons. The number of nitrogens with one attached hydrogen (secondary N) is 1. The molecule has 1 aromatic heterocycles. The summed E-state index contributed by atoms with van der Waals surface area (Å²) in [5, 5.41) is 0. The summed E-state index contributed by atoms with van der Waals surface area (Å²) in [6.45, 7) is 2.12. The lowest BCUT2D eigenvalue weighted by atomic mass is 10.1. The molecule has 0 saturated carbocycles. The maximum absolute atomic E-state index is 13.2. The van der Waals surface area contributed by atoms with Gasteiger partial charge in [-0.25, -0.2) is 4.21 Å². The third kappa shape index (κ3) is 5.20. The van der Waals surface area contributed by atoms with Crippen molar-refractivity contribution in [2.45, 2.75) is 13.1 Å². The topological polar surface area (TPSA) is 103 Å². The van der Waals surface area contributed by atoms with Crippen molar-refractivity contribution < 1.29 is 31.5 Å². The molecular weight excluding hydrogens is 437 g/mol. The molecule has 2 N–H and O–H groups in total. The highest BCUT2D eigenvalue weighted by Gasteiger charge is 2.37. The van der Waals surface area contributed by atoms with Gasteiger partial charge in [0.15, 0.2) is 0 Å². The molecule has 1 aliphatic rings. The average molecular weight is 456 g/mol. The molecule has 3 rings (SSSR count). The van der Waals surface area contributed by atoms with Crippen LogP contribution in [-0.4, -0.2) is 61.5 Å². The molecule has 0 aliphatic carbocycles. The summed E-state index contributed by atoms with van der Waals surface area (Å²) in [7, 11) is 0. The maximum Gasteiger partial charge on any atom is 0.418 e. The lowest BCUT2D eigenvalue weighted by molar-refractivity contribution is -0.138. The van der Waals surface area contributed by atoms with E-state index in [9.17, 15) is 27.0 Å². The largest absolute Gasteiger partial charge is 0.418 e. The number of aromatic nitrogens is 1. The van der Waals surface area contributed by atoms with Crippen molar-refractivity contribution >= 4 is 28.8 Å². The van der Waals surface area contributed by atoms with Gasteiger partial charge in [-0.2, -0.15) is 13.2 Å². The summed E-state index contributed by atoms with van der Waals surface area (Å²) in [5.74, 6) is -1.14. The summed E-state index contributed by atoms with van der Waals surface area (Å²) >= 11 is -2.24. The molecule has 12 heteroatoms. The third-order valence-corrected chi connectivity index (χ3v) is 5.23. The molecule has 31 heavy (non-hydrogen) atoms. The van der Waals surface area contributed by atoms with E-state index in [0.29, 0.717) is 16.8 Å². The monoisotopic (exact) mass is 456 g/mol. The van der Waals surface area contributed by atoms with Gasteiger partial charge in [0.2, 0.25) is 0 Å². The highest BCUT2D eigenvalue weighted by Crippen LogP contribution is 2.31. The van der Waals surface area contributed by atoms with Gasteiger partial charge >= 0.3 is 6.18 Å². The fourth-order valence-corrected chi connectivity index (χ4v) is 3.67. The summed E-state index contributed by atoms with van der Waals surface area (Å²) in [5.41, 5.74) is -0.391. The van der Waals surface area contributed by atoms with Crippen LogP contribution in [0.15, 0.2) is 36.5 Å². The Morgan fingerprint density at radius 2 is 1.71 bits per heavy atom. The van der Waals surface area contributed by atoms with Crippen LogP contribution in [0.1, 0.15) is 32.0 Å². The maximum atomic E-state index is 13.2. The smallest absolute Gasteiger partial charge is 0.335 e. The number of alkyl halides is 3. The first-order chi connectivity index (χ1) is 14.6. The second-order valence-electron chi connectivity index (χ2n) is 6.86. The highest BCUT2D eigenvalue weighted by molar-refractivity contribution is 7.80. The zero-order valence-electron chi connectivity index (χ0n) is 16.3. The lowest BCUT2D eigenvalue weighted by Crippen LogP contribution is -2.51. The van der Waals surface area contributed by atoms with E-state index in [1.807, 2.05) is 0 Å². The SMILES string of the molecule is Cc1cc(C(=O)N2CCN(C(=O)c3ncccc3C(F)(F)F)CC2)ccc1NS(=O)O. The van der Waals surface area contributed by atoms with Gasteiger partial charge in [0, 0.05) is 37.9 Å². The Kier molecular flexibility index (Phi) is 6.60. The van der Waals surface area contributed by atoms with Crippen molar-refractivity contribution in [3.05, 3.63) is 58.9 Å². The Hall–Kier alpha value is -2.99. The Bertz CT molecular complexity index is 1020. The number of piperazine rings is 1. The predicted molar refractivity (Wildman–Crippen MR) is 107 cm³/mol. The number of rotatable bonds is 4. The summed E-state index contributed by atoms with van der Waals surface area (Å²) in [6, 6.07) is 6.52. The molecule has 166 valence electrons. The van der Waals surface area contributed by atoms with E-state index >= 15 is 0 Å². The van der Waals surface area contributed by atoms with Crippen LogP contribution in [0.2, 0.25) is 0 Å². The normalized spacial score (nSPS) is 15.5. The molecule has 0 bridgehead atoms. The first-order valence-electron chi connectivity index (χ1n) is 9.17. The second-order valence-corrected chi connectivity index (χ2v) is 7.57. The second kappa shape index (κ2) is 9.02. The molecule has 8 nitrogen and oxygen atoms in total. The standard InChI is InChI=1S/C19H19F3N4O4S/c1-12-11-13(4-5-15(12)24-31(29)30)17(27)25-7-9-26(10-8-25)18(28)16-14(19(20,21)22)3-2-6-23-16/h2-6,11,24H,7-10H2,1H3,(H,29,30). The van der Waals surface area contributed by atoms with Gasteiger partial charge in [-0.15, -0.1) is 0 Å². The van der Waals surface area contributed by atoms with Gasteiger partial charge in [0.05, 0.1) is 11.3 Å². The summed E-state index contributed by atoms with van der Waals surface area (Å²) in [4.78, 5) is 31.7. The zero-order chi connectivity index (χ0) is 22.8. The zero-order valence-corrected chi connectivity index (χ0v) is 17.2. The van der Waals surface area contributed by atoms with E-state index in [1.54, 1.807) is 13.0 Å². The molecule has 1 fully saturated rings. The van der Waals surface area contributed by atoms with Crippen molar-refractivity contribution in [3.8, 4) is 0 Å². The molecule has 2 amide bonds. The molecule has 0 spiro atoms. The van der Waals surface area contributed by atoms with E-state index in [2.05, 4.69) is 9.71 Å². The minimum absolute atomic E-state index is 0.0700. The number of aryl methyl sites for hydroxylation is 1. The molecule has 1 atom stereocenters. The number of amides is 2. The Labute approximate surface area is 178 Å². The fraction of sp³-hybridized carbons (Fsp3) is 0.316. The number of benzene rings is 1. The molecule has 1 aromatic carbocycles. The number of halogens is 3. The van der Waals surface area contributed by atoms with Crippen LogP contribution >= 0.6 is 0 Å². The molecule has 2 aromatic rings. The van der Waals surface area contributed by atoms with Crippen molar-refractivity contribution in [2.24, 2.45) is 0 Å². The van der Waals surface area contributed by atoms with Gasteiger partial charge in [-0.05, 0) is 42.8 Å². The third-order valence-electron chi connectivity index (χ3n) is 4.84. The van der Waals surface area contributed by atoms with Crippen molar-refractivity contribution in [1.29, 1.82) is 0 Å². The van der Waals surface area contributed by atoms with E-state index in [4.69, 9.17) is 4.55 Å².